The average molecular weight is 357 g/mol. The summed E-state index contributed by atoms with van der Waals surface area (Å²) in [5, 5.41) is 0. The number of hydrogen-bond donors (Lipinski definition) is 2. The third-order valence-electron chi connectivity index (χ3n) is 3.76. The lowest BCUT2D eigenvalue weighted by molar-refractivity contribution is -0.128. The second kappa shape index (κ2) is 7.64. The number of hydrazine groups is 1. The van der Waals surface area contributed by atoms with E-state index in [0.29, 0.717) is 16.7 Å². The molecule has 0 aliphatic rings. The number of oxazole rings is 1. The first-order valence-corrected chi connectivity index (χ1v) is 7.93. The number of nitrogens with zero attached hydrogens (tertiary/aromatic N) is 1. The zero-order chi connectivity index (χ0) is 18.5. The van der Waals surface area contributed by atoms with Crippen molar-refractivity contribution < 1.29 is 18.4 Å². The smallest absolute Gasteiger partial charge is 0.408 e. The number of para-hydroxylation sites is 2. The van der Waals surface area contributed by atoms with Crippen molar-refractivity contribution in [3.63, 3.8) is 0 Å². The third kappa shape index (κ3) is 4.15. The van der Waals surface area contributed by atoms with E-state index < -0.39 is 17.6 Å². The van der Waals surface area contributed by atoms with Crippen molar-refractivity contribution in [1.82, 2.24) is 15.4 Å². The number of rotatable bonds is 5. The first kappa shape index (κ1) is 17.4. The zero-order valence-electron chi connectivity index (χ0n) is 13.7. The van der Waals surface area contributed by atoms with Gasteiger partial charge in [0.25, 0.3) is 0 Å². The van der Waals surface area contributed by atoms with Gasteiger partial charge in [-0.2, -0.15) is 0 Å². The summed E-state index contributed by atoms with van der Waals surface area (Å²) in [6.07, 6.45) is -0.00729. The van der Waals surface area contributed by atoms with E-state index in [-0.39, 0.29) is 25.2 Å². The molecule has 0 spiro atoms. The van der Waals surface area contributed by atoms with E-state index in [0.717, 1.165) is 0 Å². The Bertz CT molecular complexity index is 992. The minimum Gasteiger partial charge on any atom is -0.408 e. The molecule has 26 heavy (non-hydrogen) atoms. The molecule has 3 aromatic rings. The van der Waals surface area contributed by atoms with Crippen LogP contribution in [-0.2, 0) is 22.6 Å². The van der Waals surface area contributed by atoms with Crippen LogP contribution in [0.15, 0.2) is 57.7 Å². The number of benzene rings is 2. The number of nitrogens with one attached hydrogen (secondary N) is 2. The molecule has 1 aromatic heterocycles. The van der Waals surface area contributed by atoms with Crippen molar-refractivity contribution in [1.29, 1.82) is 0 Å². The van der Waals surface area contributed by atoms with E-state index in [1.54, 1.807) is 24.3 Å². The summed E-state index contributed by atoms with van der Waals surface area (Å²) in [7, 11) is 0. The van der Waals surface area contributed by atoms with E-state index in [1.807, 2.05) is 0 Å². The fourth-order valence-corrected chi connectivity index (χ4v) is 2.47. The molecular weight excluding hydrogens is 341 g/mol. The molecule has 0 aliphatic heterocycles. The van der Waals surface area contributed by atoms with E-state index in [2.05, 4.69) is 10.9 Å². The third-order valence-corrected chi connectivity index (χ3v) is 3.76. The second-order valence-electron chi connectivity index (χ2n) is 5.64. The summed E-state index contributed by atoms with van der Waals surface area (Å²) in [5.41, 5.74) is 6.24. The van der Waals surface area contributed by atoms with Crippen molar-refractivity contribution in [2.45, 2.75) is 19.4 Å². The monoisotopic (exact) mass is 357 g/mol. The highest BCUT2D eigenvalue weighted by atomic mass is 19.1. The van der Waals surface area contributed by atoms with Gasteiger partial charge in [-0.3, -0.25) is 25.0 Å². The first-order valence-electron chi connectivity index (χ1n) is 7.93. The Morgan fingerprint density at radius 2 is 1.69 bits per heavy atom. The molecule has 0 radical (unpaired) electrons. The van der Waals surface area contributed by atoms with Gasteiger partial charge in [-0.15, -0.1) is 0 Å². The second-order valence-corrected chi connectivity index (χ2v) is 5.64. The SMILES string of the molecule is O=C(CCn1c(=O)oc2ccccc21)NNC(=O)Cc1ccc(F)cc1. The van der Waals surface area contributed by atoms with Crippen LogP contribution < -0.4 is 16.6 Å². The summed E-state index contributed by atoms with van der Waals surface area (Å²) in [6, 6.07) is 12.4. The molecule has 3 rings (SSSR count). The van der Waals surface area contributed by atoms with Gasteiger partial charge in [0, 0.05) is 13.0 Å². The highest BCUT2D eigenvalue weighted by Gasteiger charge is 2.11. The maximum atomic E-state index is 12.8. The number of carbonyl (C=O) groups excluding carboxylic acids is 2. The molecule has 0 bridgehead atoms. The summed E-state index contributed by atoms with van der Waals surface area (Å²) in [4.78, 5) is 35.5. The highest BCUT2D eigenvalue weighted by molar-refractivity contribution is 5.83. The van der Waals surface area contributed by atoms with Crippen LogP contribution in [0, 0.1) is 5.82 Å². The quantitative estimate of drug-likeness (QED) is 0.677. The van der Waals surface area contributed by atoms with Crippen LogP contribution in [-0.4, -0.2) is 16.4 Å². The summed E-state index contributed by atoms with van der Waals surface area (Å²) < 4.78 is 19.3. The van der Waals surface area contributed by atoms with Crippen LogP contribution in [0.4, 0.5) is 4.39 Å². The molecule has 0 saturated carbocycles. The number of halogens is 1. The molecule has 1 heterocycles. The van der Waals surface area contributed by atoms with Gasteiger partial charge >= 0.3 is 5.76 Å². The van der Waals surface area contributed by atoms with Gasteiger partial charge in [-0.25, -0.2) is 9.18 Å². The lowest BCUT2D eigenvalue weighted by Crippen LogP contribution is -2.42. The van der Waals surface area contributed by atoms with Crippen molar-refractivity contribution in [3.8, 4) is 0 Å². The molecule has 134 valence electrons. The van der Waals surface area contributed by atoms with Gasteiger partial charge in [-0.1, -0.05) is 24.3 Å². The highest BCUT2D eigenvalue weighted by Crippen LogP contribution is 2.11. The number of aromatic nitrogens is 1. The molecule has 0 aliphatic carbocycles. The zero-order valence-corrected chi connectivity index (χ0v) is 13.7. The summed E-state index contributed by atoms with van der Waals surface area (Å²) in [5.74, 6) is -1.81. The molecule has 8 heteroatoms. The molecule has 0 unspecified atom stereocenters. The molecule has 2 aromatic carbocycles. The maximum Gasteiger partial charge on any atom is 0.419 e. The van der Waals surface area contributed by atoms with Gasteiger partial charge in [0.05, 0.1) is 11.9 Å². The first-order chi connectivity index (χ1) is 12.5. The summed E-state index contributed by atoms with van der Waals surface area (Å²) in [6.45, 7) is 0.121. The van der Waals surface area contributed by atoms with Crippen LogP contribution in [0.2, 0.25) is 0 Å². The average Bonchev–Trinajstić information content (AvgIpc) is 2.95. The lowest BCUT2D eigenvalue weighted by atomic mass is 10.1. The van der Waals surface area contributed by atoms with Gasteiger partial charge in [0.2, 0.25) is 11.8 Å². The molecular formula is C18H16FN3O4. The standard InChI is InChI=1S/C18H16FN3O4/c19-13-7-5-12(6-8-13)11-17(24)21-20-16(23)9-10-22-14-3-1-2-4-15(14)26-18(22)25/h1-8H,9-11H2,(H,20,23)(H,21,24). The van der Waals surface area contributed by atoms with Crippen molar-refractivity contribution in [2.24, 2.45) is 0 Å². The van der Waals surface area contributed by atoms with Gasteiger partial charge in [0.1, 0.15) is 5.82 Å². The lowest BCUT2D eigenvalue weighted by Gasteiger charge is -2.08. The predicted octanol–water partition coefficient (Wildman–Crippen LogP) is 1.51. The minimum atomic E-state index is -0.542. The van der Waals surface area contributed by atoms with E-state index >= 15 is 0 Å². The number of hydrogen-bond acceptors (Lipinski definition) is 4. The molecule has 0 saturated heterocycles. The van der Waals surface area contributed by atoms with E-state index in [9.17, 15) is 18.8 Å². The van der Waals surface area contributed by atoms with Crippen LogP contribution in [0.1, 0.15) is 12.0 Å². The van der Waals surface area contributed by atoms with Crippen molar-refractivity contribution in [2.75, 3.05) is 0 Å². The molecule has 0 fully saturated rings. The Balaban J connectivity index is 1.49. The number of aryl methyl sites for hydroxylation is 1. The van der Waals surface area contributed by atoms with Crippen LogP contribution >= 0.6 is 0 Å². The summed E-state index contributed by atoms with van der Waals surface area (Å²) >= 11 is 0. The van der Waals surface area contributed by atoms with E-state index in [4.69, 9.17) is 4.42 Å². The van der Waals surface area contributed by atoms with Gasteiger partial charge in [0.15, 0.2) is 5.58 Å². The van der Waals surface area contributed by atoms with Crippen LogP contribution in [0.3, 0.4) is 0 Å². The molecule has 2 amide bonds. The van der Waals surface area contributed by atoms with E-state index in [1.165, 1.54) is 28.8 Å². The molecule has 7 nitrogen and oxygen atoms in total. The molecule has 2 N–H and O–H groups in total. The number of fused-ring (bicyclic) bond motifs is 1. The van der Waals surface area contributed by atoms with Crippen LogP contribution in [0.5, 0.6) is 0 Å². The topological polar surface area (TPSA) is 93.3 Å². The Kier molecular flexibility index (Phi) is 5.12. The Hall–Kier alpha value is -3.42. The fourth-order valence-electron chi connectivity index (χ4n) is 2.47. The maximum absolute atomic E-state index is 12.8. The Morgan fingerprint density at radius 3 is 2.46 bits per heavy atom. The van der Waals surface area contributed by atoms with Crippen LogP contribution in [0.25, 0.3) is 11.1 Å². The van der Waals surface area contributed by atoms with Gasteiger partial charge in [-0.05, 0) is 29.8 Å². The van der Waals surface area contributed by atoms with Gasteiger partial charge < -0.3 is 4.42 Å². The Morgan fingerprint density at radius 1 is 1.00 bits per heavy atom. The van der Waals surface area contributed by atoms with Crippen molar-refractivity contribution >= 4 is 22.9 Å². The predicted molar refractivity (Wildman–Crippen MR) is 91.5 cm³/mol. The largest absolute Gasteiger partial charge is 0.419 e. The minimum absolute atomic E-state index is 0.00634. The number of amides is 2. The fraction of sp³-hybridized carbons (Fsp3) is 0.167. The number of carbonyl (C=O) groups is 2. The Labute approximate surface area is 147 Å². The molecule has 0 atom stereocenters. The normalized spacial score (nSPS) is 10.7. The van der Waals surface area contributed by atoms with Crippen molar-refractivity contribution in [3.05, 3.63) is 70.5 Å².